The average molecular weight is 519 g/mol. The summed E-state index contributed by atoms with van der Waals surface area (Å²) in [4.78, 5) is 38.1. The third kappa shape index (κ3) is 5.09. The first-order valence-corrected chi connectivity index (χ1v) is 13.8. The molecule has 4 aliphatic rings. The largest absolute Gasteiger partial charge is 0.454 e. The Morgan fingerprint density at radius 1 is 1.26 bits per heavy atom. The molecule has 188 valence electrons. The van der Waals surface area contributed by atoms with E-state index in [9.17, 15) is 9.59 Å². The smallest absolute Gasteiger partial charge is 0.332 e. The molecule has 6 heterocycles. The quantitative estimate of drug-likeness (QED) is 0.444. The number of hydrogen-bond acceptors (Lipinski definition) is 7. The first-order chi connectivity index (χ1) is 16.9. The molecule has 4 saturated heterocycles. The highest BCUT2D eigenvalue weighted by atomic mass is 35.5. The highest BCUT2D eigenvalue weighted by Crippen LogP contribution is 2.39. The summed E-state index contributed by atoms with van der Waals surface area (Å²) >= 11 is 7.52. The van der Waals surface area contributed by atoms with Crippen LogP contribution in [0.25, 0.3) is 0 Å². The third-order valence-corrected chi connectivity index (χ3v) is 9.30. The molecule has 4 aliphatic heterocycles. The number of likely N-dealkylation sites (tertiary alicyclic amines) is 1. The van der Waals surface area contributed by atoms with Crippen LogP contribution in [0.3, 0.4) is 0 Å². The van der Waals surface area contributed by atoms with E-state index in [0.29, 0.717) is 29.3 Å². The molecule has 1 N–H and O–H groups in total. The standard InChI is InChI=1S/C25H32ClN5O3S/c1-25(20-6-5-13-35-20,30-9-3-2-4-10-30)24(33)34-19-16-31(11-7-18(19)8-12-31)17-23(32)29-22-15-27-14-21(26)28-22/h5-6,13-15,18-19H,2-4,7-12,16-17H2,1H3/p+1/t18?,19-,25?,31?/m1/s1. The van der Waals surface area contributed by atoms with Crippen molar-refractivity contribution in [3.8, 4) is 0 Å². The van der Waals surface area contributed by atoms with Crippen molar-refractivity contribution < 1.29 is 18.8 Å². The Morgan fingerprint density at radius 3 is 2.71 bits per heavy atom. The summed E-state index contributed by atoms with van der Waals surface area (Å²) in [5.74, 6) is 0.430. The number of quaternary nitrogens is 1. The fourth-order valence-electron chi connectivity index (χ4n) is 6.00. The minimum atomic E-state index is -0.770. The zero-order valence-electron chi connectivity index (χ0n) is 20.1. The van der Waals surface area contributed by atoms with Gasteiger partial charge in [0.15, 0.2) is 24.0 Å². The zero-order valence-corrected chi connectivity index (χ0v) is 21.7. The van der Waals surface area contributed by atoms with Crippen LogP contribution in [-0.2, 0) is 19.9 Å². The van der Waals surface area contributed by atoms with Crippen molar-refractivity contribution >= 4 is 40.6 Å². The predicted molar refractivity (Wildman–Crippen MR) is 135 cm³/mol. The van der Waals surface area contributed by atoms with Gasteiger partial charge in [0, 0.05) is 23.6 Å². The number of hydrogen-bond donors (Lipinski definition) is 1. The number of anilines is 1. The number of nitrogens with one attached hydrogen (secondary N) is 1. The number of aromatic nitrogens is 2. The summed E-state index contributed by atoms with van der Waals surface area (Å²) in [6, 6.07) is 4.06. The van der Waals surface area contributed by atoms with E-state index in [2.05, 4.69) is 20.2 Å². The number of fused-ring (bicyclic) bond motifs is 3. The van der Waals surface area contributed by atoms with Gasteiger partial charge in [-0.3, -0.25) is 14.7 Å². The molecule has 1 amide bonds. The van der Waals surface area contributed by atoms with E-state index in [1.165, 1.54) is 18.8 Å². The van der Waals surface area contributed by atoms with Gasteiger partial charge >= 0.3 is 5.97 Å². The lowest BCUT2D eigenvalue weighted by atomic mass is 9.83. The van der Waals surface area contributed by atoms with Gasteiger partial charge in [-0.25, -0.2) is 9.78 Å². The molecule has 2 aromatic heterocycles. The van der Waals surface area contributed by atoms with Crippen LogP contribution in [0.15, 0.2) is 29.9 Å². The molecule has 8 nitrogen and oxygen atoms in total. The summed E-state index contributed by atoms with van der Waals surface area (Å²) in [6.45, 7) is 6.67. The van der Waals surface area contributed by atoms with Crippen molar-refractivity contribution in [1.29, 1.82) is 0 Å². The number of esters is 1. The van der Waals surface area contributed by atoms with Gasteiger partial charge < -0.3 is 14.5 Å². The molecule has 0 aliphatic carbocycles. The molecule has 0 radical (unpaired) electrons. The van der Waals surface area contributed by atoms with Gasteiger partial charge in [-0.1, -0.05) is 24.1 Å². The number of rotatable bonds is 7. The van der Waals surface area contributed by atoms with Crippen LogP contribution in [-0.4, -0.2) is 76.6 Å². The lowest BCUT2D eigenvalue weighted by Crippen LogP contribution is -2.66. The Bertz CT molecular complexity index is 1050. The number of thiophene rings is 1. The van der Waals surface area contributed by atoms with Crippen LogP contribution in [0.4, 0.5) is 5.82 Å². The van der Waals surface area contributed by atoms with Crippen molar-refractivity contribution in [3.63, 3.8) is 0 Å². The van der Waals surface area contributed by atoms with Gasteiger partial charge in [0.2, 0.25) is 0 Å². The molecule has 2 bridgehead atoms. The van der Waals surface area contributed by atoms with E-state index in [4.69, 9.17) is 16.3 Å². The van der Waals surface area contributed by atoms with Crippen LogP contribution in [0.2, 0.25) is 5.15 Å². The van der Waals surface area contributed by atoms with E-state index in [1.54, 1.807) is 11.3 Å². The normalized spacial score (nSPS) is 28.3. The second-order valence-electron chi connectivity index (χ2n) is 10.3. The molecular weight excluding hydrogens is 486 g/mol. The SMILES string of the molecule is CC(C(=O)O[C@@H]1C[N+]2(CC(=O)Nc3cncc(Cl)n3)CCC1CC2)(c1cccs1)N1CCCCC1. The van der Waals surface area contributed by atoms with Crippen LogP contribution in [0, 0.1) is 5.92 Å². The molecular formula is C25H33ClN5O3S+. The minimum absolute atomic E-state index is 0.122. The van der Waals surface area contributed by atoms with Gasteiger partial charge in [0.1, 0.15) is 11.7 Å². The lowest BCUT2D eigenvalue weighted by Gasteiger charge is -2.52. The second-order valence-corrected chi connectivity index (χ2v) is 11.6. The van der Waals surface area contributed by atoms with E-state index in [-0.39, 0.29) is 23.1 Å². The predicted octanol–water partition coefficient (Wildman–Crippen LogP) is 3.68. The summed E-state index contributed by atoms with van der Waals surface area (Å²) in [5, 5.41) is 5.09. The zero-order chi connectivity index (χ0) is 24.5. The Morgan fingerprint density at radius 2 is 2.03 bits per heavy atom. The Hall–Kier alpha value is -2.07. The van der Waals surface area contributed by atoms with E-state index in [1.807, 2.05) is 24.4 Å². The van der Waals surface area contributed by atoms with Crippen molar-refractivity contribution in [3.05, 3.63) is 39.9 Å². The summed E-state index contributed by atoms with van der Waals surface area (Å²) in [7, 11) is 0. The Kier molecular flexibility index (Phi) is 7.12. The number of carbonyl (C=O) groups is 2. The highest BCUT2D eigenvalue weighted by Gasteiger charge is 2.51. The number of nitrogens with zero attached hydrogens (tertiary/aromatic N) is 4. The molecule has 0 spiro atoms. The first-order valence-electron chi connectivity index (χ1n) is 12.5. The number of piperidine rings is 4. The van der Waals surface area contributed by atoms with Crippen LogP contribution < -0.4 is 5.32 Å². The summed E-state index contributed by atoms with van der Waals surface area (Å²) < 4.78 is 6.98. The third-order valence-electron chi connectivity index (χ3n) is 8.04. The molecule has 2 atom stereocenters. The van der Waals surface area contributed by atoms with Crippen LogP contribution in [0.5, 0.6) is 0 Å². The van der Waals surface area contributed by atoms with Crippen molar-refractivity contribution in [2.45, 2.75) is 50.7 Å². The van der Waals surface area contributed by atoms with Crippen molar-refractivity contribution in [2.24, 2.45) is 5.92 Å². The minimum Gasteiger partial charge on any atom is -0.454 e. The molecule has 35 heavy (non-hydrogen) atoms. The van der Waals surface area contributed by atoms with E-state index >= 15 is 0 Å². The molecule has 4 fully saturated rings. The first kappa shape index (κ1) is 24.6. The van der Waals surface area contributed by atoms with Gasteiger partial charge in [-0.2, -0.15) is 0 Å². The lowest BCUT2D eigenvalue weighted by molar-refractivity contribution is -0.939. The number of ether oxygens (including phenoxy) is 1. The molecule has 0 saturated carbocycles. The Labute approximate surface area is 215 Å². The molecule has 0 aromatic carbocycles. The number of amides is 1. The van der Waals surface area contributed by atoms with Gasteiger partial charge in [-0.15, -0.1) is 11.3 Å². The maximum atomic E-state index is 13.8. The highest BCUT2D eigenvalue weighted by molar-refractivity contribution is 7.10. The molecule has 2 aromatic rings. The summed E-state index contributed by atoms with van der Waals surface area (Å²) in [5.41, 5.74) is -0.770. The molecule has 10 heteroatoms. The monoisotopic (exact) mass is 518 g/mol. The maximum Gasteiger partial charge on any atom is 0.332 e. The summed E-state index contributed by atoms with van der Waals surface area (Å²) in [6.07, 6.45) is 8.08. The molecule has 6 rings (SSSR count). The van der Waals surface area contributed by atoms with Gasteiger partial charge in [0.05, 0.1) is 25.5 Å². The second kappa shape index (κ2) is 10.1. The average Bonchev–Trinajstić information content (AvgIpc) is 3.40. The van der Waals surface area contributed by atoms with Crippen LogP contribution in [0.1, 0.15) is 43.9 Å². The fraction of sp³-hybridized carbons (Fsp3) is 0.600. The van der Waals surface area contributed by atoms with E-state index in [0.717, 1.165) is 56.7 Å². The van der Waals surface area contributed by atoms with E-state index < -0.39 is 5.54 Å². The van der Waals surface area contributed by atoms with Crippen molar-refractivity contribution in [2.75, 3.05) is 44.6 Å². The molecule has 1 unspecified atom stereocenters. The topological polar surface area (TPSA) is 84.4 Å². The van der Waals surface area contributed by atoms with Gasteiger partial charge in [0.25, 0.3) is 5.91 Å². The van der Waals surface area contributed by atoms with Crippen LogP contribution >= 0.6 is 22.9 Å². The van der Waals surface area contributed by atoms with Crippen molar-refractivity contribution in [1.82, 2.24) is 14.9 Å². The fourth-order valence-corrected chi connectivity index (χ4v) is 7.05. The van der Waals surface area contributed by atoms with Gasteiger partial charge in [-0.05, 0) is 44.3 Å². The maximum absolute atomic E-state index is 13.8. The Balaban J connectivity index is 1.28. The number of carbonyl (C=O) groups excluding carboxylic acids is 2. The number of halogens is 1.